The number of ether oxygens (including phenoxy) is 1. The fourth-order valence-corrected chi connectivity index (χ4v) is 7.64. The van der Waals surface area contributed by atoms with Crippen LogP contribution in [0.15, 0.2) is 34.4 Å². The van der Waals surface area contributed by atoms with E-state index in [1.807, 2.05) is 0 Å². The Bertz CT molecular complexity index is 820. The molecule has 0 amide bonds. The minimum absolute atomic E-state index is 0.143. The largest absolute Gasteiger partial charge is 0.501 e. The van der Waals surface area contributed by atoms with E-state index in [1.54, 1.807) is 7.11 Å². The van der Waals surface area contributed by atoms with E-state index in [9.17, 15) is 14.3 Å². The number of fused-ring (bicyclic) bond motifs is 5. The van der Waals surface area contributed by atoms with E-state index in [1.165, 1.54) is 11.1 Å². The third-order valence-electron chi connectivity index (χ3n) is 8.99. The molecule has 4 aliphatic carbocycles. The lowest BCUT2D eigenvalue weighted by Gasteiger charge is -2.57. The van der Waals surface area contributed by atoms with Crippen LogP contribution in [0.1, 0.15) is 72.6 Å². The minimum Gasteiger partial charge on any atom is -0.501 e. The van der Waals surface area contributed by atoms with Gasteiger partial charge in [-0.15, -0.1) is 0 Å². The molecule has 2 fully saturated rings. The van der Waals surface area contributed by atoms with E-state index in [-0.39, 0.29) is 10.8 Å². The summed E-state index contributed by atoms with van der Waals surface area (Å²) in [4.78, 5) is 11.3. The first-order chi connectivity index (χ1) is 13.6. The Hall–Kier alpha value is -1.58. The number of carbonyl (C=O) groups is 1. The van der Waals surface area contributed by atoms with Gasteiger partial charge in [-0.3, -0.25) is 0 Å². The van der Waals surface area contributed by atoms with Crippen LogP contribution >= 0.6 is 0 Å². The average molecular weight is 403 g/mol. The lowest BCUT2D eigenvalue weighted by molar-refractivity contribution is -0.134. The van der Waals surface area contributed by atoms with Gasteiger partial charge in [-0.05, 0) is 89.7 Å². The monoisotopic (exact) mass is 402 g/mol. The van der Waals surface area contributed by atoms with Gasteiger partial charge in [0.1, 0.15) is 0 Å². The topological polar surface area (TPSA) is 46.5 Å². The first kappa shape index (κ1) is 20.7. The van der Waals surface area contributed by atoms with Crippen molar-refractivity contribution in [3.05, 3.63) is 34.4 Å². The first-order valence-corrected chi connectivity index (χ1v) is 11.3. The summed E-state index contributed by atoms with van der Waals surface area (Å²) < 4.78 is 20.3. The molecule has 4 heteroatoms. The number of methoxy groups -OCH3 is 1. The van der Waals surface area contributed by atoms with Crippen LogP contribution in [0.2, 0.25) is 0 Å². The summed E-state index contributed by atoms with van der Waals surface area (Å²) in [5.74, 6) is 0.779. The van der Waals surface area contributed by atoms with Crippen LogP contribution in [0.25, 0.3) is 0 Å². The minimum atomic E-state index is -1.40. The summed E-state index contributed by atoms with van der Waals surface area (Å²) in [7, 11) is 1.79. The molecule has 0 radical (unpaired) electrons. The summed E-state index contributed by atoms with van der Waals surface area (Å²) >= 11 is 0. The Morgan fingerprint density at radius 3 is 2.48 bits per heavy atom. The van der Waals surface area contributed by atoms with Gasteiger partial charge in [-0.1, -0.05) is 33.8 Å². The van der Waals surface area contributed by atoms with Crippen molar-refractivity contribution in [2.75, 3.05) is 7.11 Å². The highest BCUT2D eigenvalue weighted by Gasteiger charge is 2.58. The molecule has 3 nitrogen and oxygen atoms in total. The predicted molar refractivity (Wildman–Crippen MR) is 112 cm³/mol. The van der Waals surface area contributed by atoms with Crippen molar-refractivity contribution >= 4 is 5.97 Å². The van der Waals surface area contributed by atoms with E-state index in [0.717, 1.165) is 44.3 Å². The molecule has 0 aromatic heterocycles. The summed E-state index contributed by atoms with van der Waals surface area (Å²) in [6, 6.07) is 0. The second-order valence-corrected chi connectivity index (χ2v) is 10.4. The van der Waals surface area contributed by atoms with E-state index in [2.05, 4.69) is 33.8 Å². The van der Waals surface area contributed by atoms with E-state index < -0.39 is 11.8 Å². The molecule has 1 N–H and O–H groups in total. The molecule has 160 valence electrons. The predicted octanol–water partition coefficient (Wildman–Crippen LogP) is 6.42. The van der Waals surface area contributed by atoms with Crippen LogP contribution in [0.3, 0.4) is 0 Å². The van der Waals surface area contributed by atoms with Gasteiger partial charge < -0.3 is 9.84 Å². The van der Waals surface area contributed by atoms with Crippen LogP contribution in [0, 0.1) is 34.5 Å². The molecule has 0 aromatic carbocycles. The van der Waals surface area contributed by atoms with Gasteiger partial charge in [0.05, 0.1) is 12.9 Å². The van der Waals surface area contributed by atoms with Gasteiger partial charge in [0.2, 0.25) is 5.83 Å². The third-order valence-corrected chi connectivity index (χ3v) is 8.99. The molecule has 5 atom stereocenters. The molecular formula is C25H35FO3. The number of hydrogen-bond donors (Lipinski definition) is 1. The molecule has 0 heterocycles. The molecule has 4 rings (SSSR count). The van der Waals surface area contributed by atoms with Crippen LogP contribution in [-0.2, 0) is 9.53 Å². The molecule has 0 aliphatic heterocycles. The van der Waals surface area contributed by atoms with Crippen molar-refractivity contribution in [1.82, 2.24) is 0 Å². The maximum Gasteiger partial charge on any atom is 0.364 e. The maximum atomic E-state index is 14.5. The zero-order valence-corrected chi connectivity index (χ0v) is 18.5. The van der Waals surface area contributed by atoms with Gasteiger partial charge >= 0.3 is 5.97 Å². The number of hydrogen-bond acceptors (Lipinski definition) is 2. The number of carboxylic acid groups (broad SMARTS) is 1. The zero-order chi connectivity index (χ0) is 21.1. The van der Waals surface area contributed by atoms with E-state index in [0.29, 0.717) is 35.7 Å². The lowest BCUT2D eigenvalue weighted by Crippen LogP contribution is -2.49. The number of aliphatic carboxylic acids is 1. The Morgan fingerprint density at radius 1 is 1.17 bits per heavy atom. The summed E-state index contributed by atoms with van der Waals surface area (Å²) in [5, 5.41) is 9.24. The normalized spacial score (nSPS) is 40.8. The third kappa shape index (κ3) is 2.84. The fourth-order valence-electron chi connectivity index (χ4n) is 7.64. The van der Waals surface area contributed by atoms with Gasteiger partial charge in [0.25, 0.3) is 0 Å². The van der Waals surface area contributed by atoms with Crippen molar-refractivity contribution < 1.29 is 19.0 Å². The molecular weight excluding hydrogens is 367 g/mol. The molecule has 29 heavy (non-hydrogen) atoms. The van der Waals surface area contributed by atoms with Gasteiger partial charge in [0.15, 0.2) is 0 Å². The molecule has 0 bridgehead atoms. The molecule has 0 unspecified atom stereocenters. The van der Waals surface area contributed by atoms with E-state index >= 15 is 0 Å². The fraction of sp³-hybridized carbons (Fsp3) is 0.720. The van der Waals surface area contributed by atoms with Crippen LogP contribution < -0.4 is 0 Å². The zero-order valence-electron chi connectivity index (χ0n) is 18.5. The first-order valence-electron chi connectivity index (χ1n) is 11.3. The number of rotatable bonds is 3. The smallest absolute Gasteiger partial charge is 0.364 e. The maximum absolute atomic E-state index is 14.5. The Balaban J connectivity index is 1.74. The second-order valence-electron chi connectivity index (χ2n) is 10.4. The van der Waals surface area contributed by atoms with Crippen molar-refractivity contribution in [3.8, 4) is 0 Å². The Labute approximate surface area is 174 Å². The summed E-state index contributed by atoms with van der Waals surface area (Å²) in [6.07, 6.45) is 9.03. The standard InChI is InChI=1S/C25H35FO3/c1-14(2)21-18-7-6-15-16-8-9-19(22(26)23(27)28)25(16,4)12-10-17(15)24(18,3)13-11-20(21)29-5/h7,14-17H,6,8-13H2,1-5H3,(H,27,28)/t15-,16-,17-,24+,25-/m0/s1. The van der Waals surface area contributed by atoms with Crippen molar-refractivity contribution in [2.45, 2.75) is 72.6 Å². The average Bonchev–Trinajstić information content (AvgIpc) is 3.02. The Morgan fingerprint density at radius 2 is 1.86 bits per heavy atom. The summed E-state index contributed by atoms with van der Waals surface area (Å²) in [5.41, 5.74) is 3.31. The molecule has 0 aromatic rings. The van der Waals surface area contributed by atoms with Gasteiger partial charge in [-0.2, -0.15) is 4.39 Å². The molecule has 0 saturated heterocycles. The number of halogens is 1. The van der Waals surface area contributed by atoms with Crippen molar-refractivity contribution in [1.29, 1.82) is 0 Å². The molecule has 0 spiro atoms. The van der Waals surface area contributed by atoms with Gasteiger partial charge in [0, 0.05) is 6.42 Å². The highest BCUT2D eigenvalue weighted by molar-refractivity contribution is 5.85. The van der Waals surface area contributed by atoms with Gasteiger partial charge in [-0.25, -0.2) is 4.79 Å². The molecule has 2 saturated carbocycles. The lowest BCUT2D eigenvalue weighted by atomic mass is 9.47. The quantitative estimate of drug-likeness (QED) is 0.554. The van der Waals surface area contributed by atoms with Crippen molar-refractivity contribution in [2.24, 2.45) is 34.5 Å². The second kappa shape index (κ2) is 6.99. The highest BCUT2D eigenvalue weighted by atomic mass is 19.1. The van der Waals surface area contributed by atoms with Crippen molar-refractivity contribution in [3.63, 3.8) is 0 Å². The van der Waals surface area contributed by atoms with Crippen LogP contribution in [-0.4, -0.2) is 18.2 Å². The Kier molecular flexibility index (Phi) is 4.99. The molecule has 4 aliphatic rings. The number of carboxylic acids is 1. The van der Waals surface area contributed by atoms with E-state index in [4.69, 9.17) is 4.74 Å². The SMILES string of the molecule is COC1=C(C(C)C)C2=CC[C@@H]3[C@H](CC[C@]4(C)C(=C(F)C(=O)O)CC[C@@H]34)[C@@]2(C)CC1. The van der Waals surface area contributed by atoms with Crippen LogP contribution in [0.4, 0.5) is 4.39 Å². The number of allylic oxidation sites excluding steroid dienone is 5. The summed E-state index contributed by atoms with van der Waals surface area (Å²) in [6.45, 7) is 9.09. The van der Waals surface area contributed by atoms with Crippen LogP contribution in [0.5, 0.6) is 0 Å². The highest BCUT2D eigenvalue weighted by Crippen LogP contribution is 2.67.